The lowest BCUT2D eigenvalue weighted by Crippen LogP contribution is -2.49. The summed E-state index contributed by atoms with van der Waals surface area (Å²) in [6, 6.07) is 7.78. The molecule has 0 radical (unpaired) electrons. The van der Waals surface area contributed by atoms with Crippen molar-refractivity contribution in [1.82, 2.24) is 4.90 Å². The molecule has 1 amide bonds. The van der Waals surface area contributed by atoms with Crippen LogP contribution < -0.4 is 0 Å². The van der Waals surface area contributed by atoms with E-state index in [4.69, 9.17) is 0 Å². The van der Waals surface area contributed by atoms with Gasteiger partial charge in [0, 0.05) is 17.6 Å². The van der Waals surface area contributed by atoms with E-state index in [0.29, 0.717) is 13.0 Å². The summed E-state index contributed by atoms with van der Waals surface area (Å²) in [5.74, 6) is 0.0908. The zero-order valence-corrected chi connectivity index (χ0v) is 12.1. The van der Waals surface area contributed by atoms with E-state index in [9.17, 15) is 9.90 Å². The van der Waals surface area contributed by atoms with Gasteiger partial charge in [-0.25, -0.2) is 0 Å². The Balaban J connectivity index is 2.00. The number of carbonyl (C=O) groups excluding carboxylic acids is 1. The second-order valence-corrected chi connectivity index (χ2v) is 6.14. The molecule has 0 bridgehead atoms. The lowest BCUT2D eigenvalue weighted by atomic mass is 9.95. The van der Waals surface area contributed by atoms with Gasteiger partial charge in [0.05, 0.1) is 12.0 Å². The van der Waals surface area contributed by atoms with Crippen molar-refractivity contribution in [2.24, 2.45) is 0 Å². The summed E-state index contributed by atoms with van der Waals surface area (Å²) >= 11 is 3.40. The van der Waals surface area contributed by atoms with Gasteiger partial charge in [0.25, 0.3) is 0 Å². The molecule has 1 aromatic carbocycles. The Bertz CT molecular complexity index is 445. The summed E-state index contributed by atoms with van der Waals surface area (Å²) in [7, 11) is 0. The zero-order valence-electron chi connectivity index (χ0n) is 10.5. The molecule has 1 fully saturated rings. The Kier molecular flexibility index (Phi) is 4.07. The Morgan fingerprint density at radius 3 is 3.00 bits per heavy atom. The Morgan fingerprint density at radius 1 is 1.56 bits per heavy atom. The first-order chi connectivity index (χ1) is 8.46. The quantitative estimate of drug-likeness (QED) is 0.911. The Hall–Kier alpha value is -0.870. The van der Waals surface area contributed by atoms with Crippen LogP contribution in [0.15, 0.2) is 28.7 Å². The summed E-state index contributed by atoms with van der Waals surface area (Å²) < 4.78 is 0.985. The van der Waals surface area contributed by atoms with E-state index in [1.54, 1.807) is 11.8 Å². The van der Waals surface area contributed by atoms with Crippen LogP contribution in [0.4, 0.5) is 0 Å². The van der Waals surface area contributed by atoms with Crippen molar-refractivity contribution < 1.29 is 9.90 Å². The maximum atomic E-state index is 12.2. The minimum Gasteiger partial charge on any atom is -0.388 e. The van der Waals surface area contributed by atoms with Gasteiger partial charge in [-0.1, -0.05) is 28.1 Å². The Morgan fingerprint density at radius 2 is 2.33 bits per heavy atom. The van der Waals surface area contributed by atoms with Crippen LogP contribution in [-0.4, -0.2) is 34.6 Å². The molecule has 0 saturated carbocycles. The molecule has 98 valence electrons. The average molecular weight is 312 g/mol. The number of nitrogens with zero attached hydrogens (tertiary/aromatic N) is 1. The molecule has 2 rings (SSSR count). The van der Waals surface area contributed by atoms with Crippen molar-refractivity contribution in [2.75, 3.05) is 13.1 Å². The molecular weight excluding hydrogens is 294 g/mol. The topological polar surface area (TPSA) is 40.5 Å². The van der Waals surface area contributed by atoms with Crippen LogP contribution in [0, 0.1) is 0 Å². The van der Waals surface area contributed by atoms with Crippen molar-refractivity contribution in [2.45, 2.75) is 31.8 Å². The average Bonchev–Trinajstić information content (AvgIpc) is 2.27. The number of likely N-dealkylation sites (tertiary alicyclic amines) is 1. The molecule has 1 saturated heterocycles. The molecule has 1 heterocycles. The van der Waals surface area contributed by atoms with Crippen molar-refractivity contribution in [1.29, 1.82) is 0 Å². The van der Waals surface area contributed by atoms with Gasteiger partial charge < -0.3 is 10.0 Å². The molecule has 1 aromatic rings. The smallest absolute Gasteiger partial charge is 0.227 e. The van der Waals surface area contributed by atoms with E-state index in [2.05, 4.69) is 15.9 Å². The highest BCUT2D eigenvalue weighted by molar-refractivity contribution is 9.10. The van der Waals surface area contributed by atoms with Gasteiger partial charge in [-0.15, -0.1) is 0 Å². The third-order valence-electron chi connectivity index (χ3n) is 3.27. The lowest BCUT2D eigenvalue weighted by molar-refractivity contribution is -0.136. The number of amides is 1. The second-order valence-electron chi connectivity index (χ2n) is 5.22. The first-order valence-electron chi connectivity index (χ1n) is 6.21. The maximum absolute atomic E-state index is 12.2. The number of hydrogen-bond donors (Lipinski definition) is 1. The van der Waals surface area contributed by atoms with Crippen LogP contribution in [0.2, 0.25) is 0 Å². The fourth-order valence-electron chi connectivity index (χ4n) is 2.37. The summed E-state index contributed by atoms with van der Waals surface area (Å²) in [6.07, 6.45) is 2.04. The maximum Gasteiger partial charge on any atom is 0.227 e. The summed E-state index contributed by atoms with van der Waals surface area (Å²) in [6.45, 7) is 2.99. The van der Waals surface area contributed by atoms with Crippen molar-refractivity contribution in [3.05, 3.63) is 34.3 Å². The number of piperidine rings is 1. The highest BCUT2D eigenvalue weighted by Crippen LogP contribution is 2.21. The second kappa shape index (κ2) is 5.41. The van der Waals surface area contributed by atoms with Crippen LogP contribution >= 0.6 is 15.9 Å². The van der Waals surface area contributed by atoms with Crippen molar-refractivity contribution >= 4 is 21.8 Å². The zero-order chi connectivity index (χ0) is 13.2. The molecule has 0 aliphatic carbocycles. The number of rotatable bonds is 2. The largest absolute Gasteiger partial charge is 0.388 e. The molecule has 3 nitrogen and oxygen atoms in total. The molecule has 1 unspecified atom stereocenters. The fourth-order valence-corrected chi connectivity index (χ4v) is 2.81. The predicted octanol–water partition coefficient (Wildman–Crippen LogP) is 2.37. The molecule has 1 N–H and O–H groups in total. The third-order valence-corrected chi connectivity index (χ3v) is 3.77. The predicted molar refractivity (Wildman–Crippen MR) is 74.3 cm³/mol. The molecule has 1 aliphatic rings. The van der Waals surface area contributed by atoms with Crippen LogP contribution in [0.25, 0.3) is 0 Å². The minimum absolute atomic E-state index is 0.0908. The van der Waals surface area contributed by atoms with E-state index in [1.807, 2.05) is 24.3 Å². The number of β-amino-alcohol motifs (C(OH)–C–C–N with tert-alkyl or cyclic N) is 1. The molecule has 1 atom stereocenters. The standard InChI is InChI=1S/C14H18BrNO2/c1-14(18)6-3-7-16(10-14)13(17)9-11-4-2-5-12(15)8-11/h2,4-5,8,18H,3,6-7,9-10H2,1H3. The monoisotopic (exact) mass is 311 g/mol. The van der Waals surface area contributed by atoms with Gasteiger partial charge in [0.2, 0.25) is 5.91 Å². The van der Waals surface area contributed by atoms with Gasteiger partial charge >= 0.3 is 0 Å². The summed E-state index contributed by atoms with van der Waals surface area (Å²) in [5.41, 5.74) is 0.269. The summed E-state index contributed by atoms with van der Waals surface area (Å²) in [4.78, 5) is 13.9. The number of halogens is 1. The SMILES string of the molecule is CC1(O)CCCN(C(=O)Cc2cccc(Br)c2)C1. The molecule has 1 aliphatic heterocycles. The number of aliphatic hydroxyl groups is 1. The van der Waals surface area contributed by atoms with Gasteiger partial charge in [-0.3, -0.25) is 4.79 Å². The molecule has 0 spiro atoms. The number of benzene rings is 1. The molecule has 0 aromatic heterocycles. The molecule has 18 heavy (non-hydrogen) atoms. The normalized spacial score (nSPS) is 24.1. The van der Waals surface area contributed by atoms with E-state index in [0.717, 1.165) is 29.4 Å². The fraction of sp³-hybridized carbons (Fsp3) is 0.500. The Labute approximate surface area is 116 Å². The molecular formula is C14H18BrNO2. The van der Waals surface area contributed by atoms with Crippen LogP contribution in [0.1, 0.15) is 25.3 Å². The van der Waals surface area contributed by atoms with Gasteiger partial charge in [0.1, 0.15) is 0 Å². The van der Waals surface area contributed by atoms with E-state index < -0.39 is 5.60 Å². The van der Waals surface area contributed by atoms with Crippen LogP contribution in [0.3, 0.4) is 0 Å². The van der Waals surface area contributed by atoms with Gasteiger partial charge in [-0.2, -0.15) is 0 Å². The first-order valence-corrected chi connectivity index (χ1v) is 7.00. The van der Waals surface area contributed by atoms with E-state index in [1.165, 1.54) is 0 Å². The van der Waals surface area contributed by atoms with Crippen molar-refractivity contribution in [3.8, 4) is 0 Å². The molecule has 4 heteroatoms. The highest BCUT2D eigenvalue weighted by atomic mass is 79.9. The highest BCUT2D eigenvalue weighted by Gasteiger charge is 2.30. The van der Waals surface area contributed by atoms with Crippen LogP contribution in [0.5, 0.6) is 0 Å². The third kappa shape index (κ3) is 3.56. The lowest BCUT2D eigenvalue weighted by Gasteiger charge is -2.36. The van der Waals surface area contributed by atoms with Gasteiger partial charge in [-0.05, 0) is 37.5 Å². The first kappa shape index (κ1) is 13.6. The van der Waals surface area contributed by atoms with Crippen molar-refractivity contribution in [3.63, 3.8) is 0 Å². The minimum atomic E-state index is -0.731. The number of carbonyl (C=O) groups is 1. The van der Waals surface area contributed by atoms with Gasteiger partial charge in [0.15, 0.2) is 0 Å². The van der Waals surface area contributed by atoms with E-state index >= 15 is 0 Å². The number of hydrogen-bond acceptors (Lipinski definition) is 2. The summed E-state index contributed by atoms with van der Waals surface area (Å²) in [5, 5.41) is 10.0. The van der Waals surface area contributed by atoms with E-state index in [-0.39, 0.29) is 5.91 Å². The van der Waals surface area contributed by atoms with Crippen LogP contribution in [-0.2, 0) is 11.2 Å².